The Morgan fingerprint density at radius 3 is 2.34 bits per heavy atom. The molecular weight excluding hydrogens is 514 g/mol. The third kappa shape index (κ3) is 4.42. The third-order valence-electron chi connectivity index (χ3n) is 6.07. The number of rotatable bonds is 5. The van der Waals surface area contributed by atoms with Crippen LogP contribution in [0.15, 0.2) is 40.1 Å². The second kappa shape index (κ2) is 9.00. The lowest BCUT2D eigenvalue weighted by atomic mass is 9.97. The van der Waals surface area contributed by atoms with Crippen molar-refractivity contribution in [2.45, 2.75) is 34.8 Å². The van der Waals surface area contributed by atoms with E-state index in [-0.39, 0.29) is 24.7 Å². The summed E-state index contributed by atoms with van der Waals surface area (Å²) >= 11 is 1.29. The van der Waals surface area contributed by atoms with Crippen LogP contribution in [0, 0.1) is 0 Å². The van der Waals surface area contributed by atoms with Crippen molar-refractivity contribution in [3.05, 3.63) is 35.9 Å². The van der Waals surface area contributed by atoms with Gasteiger partial charge in [-0.15, -0.1) is 0 Å². The first kappa shape index (κ1) is 24.4. The van der Waals surface area contributed by atoms with Crippen LogP contribution in [0.2, 0.25) is 0 Å². The van der Waals surface area contributed by atoms with Crippen molar-refractivity contribution in [3.8, 4) is 11.1 Å². The fraction of sp³-hybridized carbons (Fsp3) is 0.316. The van der Waals surface area contributed by atoms with Gasteiger partial charge in [0.25, 0.3) is 0 Å². The van der Waals surface area contributed by atoms with Crippen LogP contribution < -0.4 is 38.5 Å². The molecule has 188 valence electrons. The highest BCUT2D eigenvalue weighted by Gasteiger charge is 2.37. The topological polar surface area (TPSA) is 211 Å². The summed E-state index contributed by atoms with van der Waals surface area (Å²) < 4.78 is 55.4. The lowest BCUT2D eigenvalue weighted by Gasteiger charge is -2.30. The maximum absolute atomic E-state index is 13.7. The number of aromatic nitrogens is 1. The fourth-order valence-electron chi connectivity index (χ4n) is 4.43. The molecule has 2 aromatic carbocycles. The average Bonchev–Trinajstić information content (AvgIpc) is 3.46. The molecule has 2 aliphatic heterocycles. The predicted octanol–water partition coefficient (Wildman–Crippen LogP) is -0.580. The largest absolute Gasteiger partial charge is 0.375 e. The third-order valence-corrected chi connectivity index (χ3v) is 10.00. The van der Waals surface area contributed by atoms with E-state index in [2.05, 4.69) is 26.9 Å². The van der Waals surface area contributed by atoms with E-state index in [1.807, 2.05) is 6.07 Å². The summed E-state index contributed by atoms with van der Waals surface area (Å²) in [6, 6.07) is 8.16. The Morgan fingerprint density at radius 1 is 1.00 bits per heavy atom. The number of nitrogens with zero attached hydrogens (tertiary/aromatic N) is 2. The molecule has 13 nitrogen and oxygen atoms in total. The Balaban J connectivity index is 1.79. The Kier molecular flexibility index (Phi) is 6.29. The van der Waals surface area contributed by atoms with Crippen LogP contribution in [-0.2, 0) is 20.0 Å². The second-order valence-corrected chi connectivity index (χ2v) is 12.8. The van der Waals surface area contributed by atoms with Gasteiger partial charge in [-0.05, 0) is 30.5 Å². The number of hydrazine groups is 3. The smallest absolute Gasteiger partial charge is 0.244 e. The zero-order valence-corrected chi connectivity index (χ0v) is 20.8. The van der Waals surface area contributed by atoms with E-state index in [0.717, 1.165) is 4.70 Å². The summed E-state index contributed by atoms with van der Waals surface area (Å²) in [5, 5.41) is 6.03. The molecule has 1 aromatic heterocycles. The van der Waals surface area contributed by atoms with E-state index in [0.29, 0.717) is 34.6 Å². The van der Waals surface area contributed by atoms with Gasteiger partial charge in [0.15, 0.2) is 5.13 Å². The molecule has 0 unspecified atom stereocenters. The predicted molar refractivity (Wildman–Crippen MR) is 132 cm³/mol. The van der Waals surface area contributed by atoms with Gasteiger partial charge in [-0.1, -0.05) is 29.5 Å². The van der Waals surface area contributed by atoms with Gasteiger partial charge in [-0.3, -0.25) is 0 Å². The number of para-hydroxylation sites is 1. The Bertz CT molecular complexity index is 1490. The van der Waals surface area contributed by atoms with Crippen molar-refractivity contribution in [2.75, 3.05) is 18.8 Å². The van der Waals surface area contributed by atoms with E-state index < -0.39 is 36.0 Å². The van der Waals surface area contributed by atoms with Crippen LogP contribution in [0.25, 0.3) is 21.3 Å². The molecule has 0 atom stereocenters. The highest BCUT2D eigenvalue weighted by atomic mass is 32.2. The standard InChI is InChI=1S/C19H25N9O4S3/c20-10-6-8-28(9-7-10)35(31,32)14-5-4-11(12-2-1-3-13-16(12)23-19(21)33-13)15(17(14)34(22,29)30)18-24-26-27-25-18/h1-5,10,18,24-27H,6-9,20H2,(H2,21,23)(H2,22,29,30). The molecule has 16 heteroatoms. The Hall–Kier alpha value is -2.25. The lowest BCUT2D eigenvalue weighted by Crippen LogP contribution is -2.43. The molecule has 2 fully saturated rings. The molecule has 0 bridgehead atoms. The number of hydrogen-bond acceptors (Lipinski definition) is 12. The van der Waals surface area contributed by atoms with E-state index in [1.165, 1.54) is 21.7 Å². The quantitative estimate of drug-likeness (QED) is 0.218. The summed E-state index contributed by atoms with van der Waals surface area (Å²) in [6.45, 7) is 0.371. The molecule has 0 spiro atoms. The first-order valence-corrected chi connectivity index (χ1v) is 14.5. The number of nitrogens with two attached hydrogens (primary N) is 3. The van der Waals surface area contributed by atoms with Gasteiger partial charge < -0.3 is 11.5 Å². The SMILES string of the molecule is Nc1nc2c(-c3ccc(S(=O)(=O)N4CCC(N)CC4)c(S(N)(=O)=O)c3C3NNNN3)cccc2s1. The number of primary sulfonamides is 1. The number of anilines is 1. The molecule has 2 aliphatic rings. The number of sulfonamides is 2. The van der Waals surface area contributed by atoms with Crippen molar-refractivity contribution in [1.82, 2.24) is 31.2 Å². The van der Waals surface area contributed by atoms with Crippen LogP contribution in [0.4, 0.5) is 5.13 Å². The van der Waals surface area contributed by atoms with Gasteiger partial charge in [0, 0.05) is 30.3 Å². The van der Waals surface area contributed by atoms with Crippen molar-refractivity contribution >= 4 is 46.7 Å². The number of fused-ring (bicyclic) bond motifs is 1. The minimum absolute atomic E-state index is 0.104. The molecule has 5 rings (SSSR count). The normalized spacial score (nSPS) is 19.0. The molecule has 35 heavy (non-hydrogen) atoms. The number of thiazole rings is 1. The number of nitrogen functional groups attached to an aromatic ring is 1. The summed E-state index contributed by atoms with van der Waals surface area (Å²) in [5.74, 6) is 0. The van der Waals surface area contributed by atoms with E-state index in [9.17, 15) is 16.8 Å². The van der Waals surface area contributed by atoms with Crippen molar-refractivity contribution in [1.29, 1.82) is 0 Å². The molecule has 10 N–H and O–H groups in total. The minimum Gasteiger partial charge on any atom is -0.375 e. The number of piperidine rings is 1. The Labute approximate surface area is 206 Å². The van der Waals surface area contributed by atoms with Gasteiger partial charge in [0.1, 0.15) is 16.0 Å². The summed E-state index contributed by atoms with van der Waals surface area (Å²) in [6.07, 6.45) is 0.0955. The zero-order valence-electron chi connectivity index (χ0n) is 18.4. The van der Waals surface area contributed by atoms with Gasteiger partial charge in [-0.2, -0.15) is 15.4 Å². The monoisotopic (exact) mass is 539 g/mol. The van der Waals surface area contributed by atoms with Crippen molar-refractivity contribution in [3.63, 3.8) is 0 Å². The van der Waals surface area contributed by atoms with Crippen LogP contribution >= 0.6 is 11.3 Å². The molecule has 0 radical (unpaired) electrons. The molecule has 3 aromatic rings. The summed E-state index contributed by atoms with van der Waals surface area (Å²) in [5.41, 5.74) is 24.6. The highest BCUT2D eigenvalue weighted by Crippen LogP contribution is 2.41. The molecule has 0 aliphatic carbocycles. The zero-order chi connectivity index (χ0) is 25.0. The summed E-state index contributed by atoms with van der Waals surface area (Å²) in [7, 11) is -8.72. The minimum atomic E-state index is -4.52. The molecule has 0 amide bonds. The van der Waals surface area contributed by atoms with Crippen LogP contribution in [0.5, 0.6) is 0 Å². The highest BCUT2D eigenvalue weighted by molar-refractivity contribution is 7.92. The van der Waals surface area contributed by atoms with Crippen LogP contribution in [0.3, 0.4) is 0 Å². The fourth-order valence-corrected chi connectivity index (χ4v) is 8.30. The van der Waals surface area contributed by atoms with E-state index in [4.69, 9.17) is 16.6 Å². The van der Waals surface area contributed by atoms with E-state index >= 15 is 0 Å². The maximum atomic E-state index is 13.7. The van der Waals surface area contributed by atoms with Gasteiger partial charge in [0.2, 0.25) is 20.0 Å². The van der Waals surface area contributed by atoms with Crippen LogP contribution in [0.1, 0.15) is 24.6 Å². The number of benzene rings is 2. The number of nitrogens with one attached hydrogen (secondary N) is 4. The first-order valence-electron chi connectivity index (χ1n) is 10.7. The first-order chi connectivity index (χ1) is 16.6. The molecule has 2 saturated heterocycles. The van der Waals surface area contributed by atoms with Crippen molar-refractivity contribution < 1.29 is 16.8 Å². The maximum Gasteiger partial charge on any atom is 0.244 e. The van der Waals surface area contributed by atoms with Gasteiger partial charge in [-0.25, -0.2) is 37.8 Å². The number of hydrogen-bond donors (Lipinski definition) is 7. The summed E-state index contributed by atoms with van der Waals surface area (Å²) in [4.78, 5) is 3.51. The lowest BCUT2D eigenvalue weighted by molar-refractivity contribution is 0.319. The Morgan fingerprint density at radius 2 is 1.69 bits per heavy atom. The van der Waals surface area contributed by atoms with Crippen LogP contribution in [-0.4, -0.2) is 45.3 Å². The van der Waals surface area contributed by atoms with E-state index in [1.54, 1.807) is 18.2 Å². The molecule has 3 heterocycles. The average molecular weight is 540 g/mol. The molecular formula is C19H25N9O4S3. The van der Waals surface area contributed by atoms with Crippen molar-refractivity contribution in [2.24, 2.45) is 10.9 Å². The van der Waals surface area contributed by atoms with Gasteiger partial charge >= 0.3 is 0 Å². The van der Waals surface area contributed by atoms with Gasteiger partial charge in [0.05, 0.1) is 10.2 Å². The molecule has 0 saturated carbocycles. The second-order valence-electron chi connectivity index (χ2n) is 8.32.